The number of carbonyl (C=O) groups excluding carboxylic acids is 2. The van der Waals surface area contributed by atoms with E-state index in [1.54, 1.807) is 24.3 Å². The first-order valence-electron chi connectivity index (χ1n) is 5.05. The average Bonchev–Trinajstić information content (AvgIpc) is 2.30. The number of rotatable bonds is 5. The molecule has 0 saturated carbocycles. The molecule has 0 aliphatic carbocycles. The number of methoxy groups -OCH3 is 1. The number of esters is 2. The van der Waals surface area contributed by atoms with E-state index >= 15 is 0 Å². The zero-order chi connectivity index (χ0) is 11.8. The monoisotopic (exact) mass is 222 g/mol. The van der Waals surface area contributed by atoms with E-state index in [1.807, 2.05) is 6.07 Å². The predicted octanol–water partition coefficient (Wildman–Crippen LogP) is 1.94. The maximum Gasteiger partial charge on any atom is 0.311 e. The van der Waals surface area contributed by atoms with Crippen LogP contribution in [0.1, 0.15) is 19.3 Å². The van der Waals surface area contributed by atoms with Crippen molar-refractivity contribution in [2.45, 2.75) is 19.3 Å². The van der Waals surface area contributed by atoms with Gasteiger partial charge in [-0.05, 0) is 18.6 Å². The van der Waals surface area contributed by atoms with Crippen LogP contribution in [-0.4, -0.2) is 19.0 Å². The van der Waals surface area contributed by atoms with Gasteiger partial charge in [-0.3, -0.25) is 9.59 Å². The van der Waals surface area contributed by atoms with Gasteiger partial charge in [-0.25, -0.2) is 0 Å². The van der Waals surface area contributed by atoms with Gasteiger partial charge in [-0.15, -0.1) is 0 Å². The highest BCUT2D eigenvalue weighted by molar-refractivity contribution is 5.74. The molecule has 1 aromatic rings. The molecule has 0 N–H and O–H groups in total. The molecule has 0 aliphatic rings. The summed E-state index contributed by atoms with van der Waals surface area (Å²) in [5.41, 5.74) is 0. The average molecular weight is 222 g/mol. The summed E-state index contributed by atoms with van der Waals surface area (Å²) in [6.07, 6.45) is 0.892. The van der Waals surface area contributed by atoms with Gasteiger partial charge >= 0.3 is 11.9 Å². The summed E-state index contributed by atoms with van der Waals surface area (Å²) in [5.74, 6) is -0.131. The Balaban J connectivity index is 2.24. The first kappa shape index (κ1) is 12.2. The smallest absolute Gasteiger partial charge is 0.311 e. The highest BCUT2D eigenvalue weighted by atomic mass is 16.5. The lowest BCUT2D eigenvalue weighted by molar-refractivity contribution is -0.141. The molecule has 0 aromatic heterocycles. The minimum absolute atomic E-state index is 0.212. The van der Waals surface area contributed by atoms with Crippen LogP contribution in [0.4, 0.5) is 0 Å². The molecule has 0 radical (unpaired) electrons. The first-order valence-corrected chi connectivity index (χ1v) is 5.05. The van der Waals surface area contributed by atoms with Crippen molar-refractivity contribution in [1.82, 2.24) is 0 Å². The van der Waals surface area contributed by atoms with Gasteiger partial charge in [-0.1, -0.05) is 18.2 Å². The highest BCUT2D eigenvalue weighted by Gasteiger charge is 2.06. The number of para-hydroxylation sites is 1. The van der Waals surface area contributed by atoms with Crippen molar-refractivity contribution in [2.24, 2.45) is 0 Å². The normalized spacial score (nSPS) is 9.56. The second-order valence-electron chi connectivity index (χ2n) is 3.22. The second kappa shape index (κ2) is 6.61. The molecular weight excluding hydrogens is 208 g/mol. The van der Waals surface area contributed by atoms with E-state index < -0.39 is 0 Å². The molecule has 0 fully saturated rings. The minimum Gasteiger partial charge on any atom is -0.469 e. The second-order valence-corrected chi connectivity index (χ2v) is 3.22. The molecule has 16 heavy (non-hydrogen) atoms. The Labute approximate surface area is 94.2 Å². The molecule has 0 heterocycles. The maximum atomic E-state index is 11.3. The fourth-order valence-electron chi connectivity index (χ4n) is 1.15. The molecule has 86 valence electrons. The lowest BCUT2D eigenvalue weighted by Gasteiger charge is -2.03. The van der Waals surface area contributed by atoms with Crippen LogP contribution in [0.2, 0.25) is 0 Å². The van der Waals surface area contributed by atoms with Gasteiger partial charge in [-0.2, -0.15) is 0 Å². The Morgan fingerprint density at radius 3 is 2.31 bits per heavy atom. The minimum atomic E-state index is -0.338. The molecule has 0 amide bonds. The molecule has 1 rings (SSSR count). The van der Waals surface area contributed by atoms with Gasteiger partial charge in [0.1, 0.15) is 5.75 Å². The third-order valence-corrected chi connectivity index (χ3v) is 1.96. The summed E-state index contributed by atoms with van der Waals surface area (Å²) >= 11 is 0. The Morgan fingerprint density at radius 1 is 1.06 bits per heavy atom. The largest absolute Gasteiger partial charge is 0.469 e. The number of hydrogen-bond donors (Lipinski definition) is 0. The Bertz CT molecular complexity index is 345. The molecule has 4 heteroatoms. The van der Waals surface area contributed by atoms with E-state index in [4.69, 9.17) is 4.74 Å². The van der Waals surface area contributed by atoms with E-state index in [0.717, 1.165) is 0 Å². The number of benzene rings is 1. The molecule has 0 atom stereocenters. The number of carbonyl (C=O) groups is 2. The third kappa shape index (κ3) is 4.59. The van der Waals surface area contributed by atoms with Gasteiger partial charge < -0.3 is 9.47 Å². The third-order valence-electron chi connectivity index (χ3n) is 1.96. The summed E-state index contributed by atoms with van der Waals surface area (Å²) < 4.78 is 9.50. The van der Waals surface area contributed by atoms with Crippen LogP contribution in [0.15, 0.2) is 30.3 Å². The SMILES string of the molecule is COC(=O)CCCC(=O)Oc1ccccc1. The zero-order valence-corrected chi connectivity index (χ0v) is 9.14. The zero-order valence-electron chi connectivity index (χ0n) is 9.14. The van der Waals surface area contributed by atoms with Gasteiger partial charge in [0.05, 0.1) is 7.11 Å². The van der Waals surface area contributed by atoms with Crippen LogP contribution in [0, 0.1) is 0 Å². The maximum absolute atomic E-state index is 11.3. The molecule has 0 bridgehead atoms. The van der Waals surface area contributed by atoms with E-state index in [0.29, 0.717) is 12.2 Å². The summed E-state index contributed by atoms with van der Waals surface area (Å²) in [4.78, 5) is 22.1. The van der Waals surface area contributed by atoms with E-state index in [1.165, 1.54) is 7.11 Å². The van der Waals surface area contributed by atoms with Crippen molar-refractivity contribution in [2.75, 3.05) is 7.11 Å². The van der Waals surface area contributed by atoms with Gasteiger partial charge in [0.15, 0.2) is 0 Å². The molecule has 0 aliphatic heterocycles. The van der Waals surface area contributed by atoms with Crippen molar-refractivity contribution in [3.05, 3.63) is 30.3 Å². The van der Waals surface area contributed by atoms with Crippen LogP contribution in [0.5, 0.6) is 5.75 Å². The number of hydrogen-bond acceptors (Lipinski definition) is 4. The quantitative estimate of drug-likeness (QED) is 0.564. The van der Waals surface area contributed by atoms with Crippen LogP contribution in [-0.2, 0) is 14.3 Å². The van der Waals surface area contributed by atoms with E-state index in [2.05, 4.69) is 4.74 Å². The summed E-state index contributed by atoms with van der Waals surface area (Å²) in [7, 11) is 1.32. The lowest BCUT2D eigenvalue weighted by Crippen LogP contribution is -2.09. The molecule has 0 spiro atoms. The van der Waals surface area contributed by atoms with Gasteiger partial charge in [0, 0.05) is 12.8 Å². The summed E-state index contributed by atoms with van der Waals surface area (Å²) in [6, 6.07) is 8.83. The van der Waals surface area contributed by atoms with Crippen molar-refractivity contribution in [3.63, 3.8) is 0 Å². The van der Waals surface area contributed by atoms with Crippen molar-refractivity contribution < 1.29 is 19.1 Å². The summed E-state index contributed by atoms with van der Waals surface area (Å²) in [5, 5.41) is 0. The Kier molecular flexibility index (Phi) is 5.05. The van der Waals surface area contributed by atoms with Gasteiger partial charge in [0.25, 0.3) is 0 Å². The topological polar surface area (TPSA) is 52.6 Å². The van der Waals surface area contributed by atoms with Gasteiger partial charge in [0.2, 0.25) is 0 Å². The fourth-order valence-corrected chi connectivity index (χ4v) is 1.15. The van der Waals surface area contributed by atoms with Crippen molar-refractivity contribution in [3.8, 4) is 5.75 Å². The molecule has 0 unspecified atom stereocenters. The van der Waals surface area contributed by atoms with Crippen LogP contribution >= 0.6 is 0 Å². The standard InChI is InChI=1S/C12H14O4/c1-15-11(13)8-5-9-12(14)16-10-6-3-2-4-7-10/h2-4,6-7H,5,8-9H2,1H3. The molecule has 1 aromatic carbocycles. The molecular formula is C12H14O4. The van der Waals surface area contributed by atoms with Crippen molar-refractivity contribution in [1.29, 1.82) is 0 Å². The number of ether oxygens (including phenoxy) is 2. The highest BCUT2D eigenvalue weighted by Crippen LogP contribution is 2.10. The molecule has 0 saturated heterocycles. The van der Waals surface area contributed by atoms with Crippen LogP contribution < -0.4 is 4.74 Å². The van der Waals surface area contributed by atoms with E-state index in [9.17, 15) is 9.59 Å². The summed E-state index contributed by atoms with van der Waals surface area (Å²) in [6.45, 7) is 0. The first-order chi connectivity index (χ1) is 7.72. The Morgan fingerprint density at radius 2 is 1.69 bits per heavy atom. The lowest BCUT2D eigenvalue weighted by atomic mass is 10.2. The van der Waals surface area contributed by atoms with Crippen molar-refractivity contribution >= 4 is 11.9 Å². The molecule has 4 nitrogen and oxygen atoms in total. The van der Waals surface area contributed by atoms with E-state index in [-0.39, 0.29) is 24.8 Å². The van der Waals surface area contributed by atoms with Crippen LogP contribution in [0.25, 0.3) is 0 Å². The Hall–Kier alpha value is -1.84. The fraction of sp³-hybridized carbons (Fsp3) is 0.333. The van der Waals surface area contributed by atoms with Crippen LogP contribution in [0.3, 0.4) is 0 Å². The predicted molar refractivity (Wildman–Crippen MR) is 57.9 cm³/mol.